The van der Waals surface area contributed by atoms with Crippen molar-refractivity contribution in [3.8, 4) is 16.8 Å². The second-order valence-corrected chi connectivity index (χ2v) is 10.0. The molecule has 2 N–H and O–H groups in total. The van der Waals surface area contributed by atoms with Crippen molar-refractivity contribution in [3.63, 3.8) is 0 Å². The van der Waals surface area contributed by atoms with E-state index in [2.05, 4.69) is 20.6 Å². The van der Waals surface area contributed by atoms with E-state index in [9.17, 15) is 19.2 Å². The first kappa shape index (κ1) is 28.2. The van der Waals surface area contributed by atoms with Gasteiger partial charge in [-0.25, -0.2) is 14.6 Å². The summed E-state index contributed by atoms with van der Waals surface area (Å²) in [6.07, 6.45) is 2.75. The van der Waals surface area contributed by atoms with Crippen LogP contribution in [0, 0.1) is 13.8 Å². The van der Waals surface area contributed by atoms with E-state index in [4.69, 9.17) is 8.94 Å². The fourth-order valence-corrected chi connectivity index (χ4v) is 5.21. The van der Waals surface area contributed by atoms with Gasteiger partial charge in [0.05, 0.1) is 22.8 Å². The van der Waals surface area contributed by atoms with Gasteiger partial charge in [0.1, 0.15) is 17.5 Å². The van der Waals surface area contributed by atoms with Gasteiger partial charge in [-0.1, -0.05) is 18.2 Å². The van der Waals surface area contributed by atoms with Gasteiger partial charge in [-0.3, -0.25) is 29.2 Å². The minimum atomic E-state index is -0.551. The number of benzene rings is 2. The molecule has 2 aromatic carbocycles. The normalized spacial score (nSPS) is 11.2. The van der Waals surface area contributed by atoms with Crippen LogP contribution < -0.4 is 21.8 Å². The first-order valence-electron chi connectivity index (χ1n) is 13.7. The maximum absolute atomic E-state index is 13.8. The number of hydrogen-bond acceptors (Lipinski definition) is 8. The molecule has 0 unspecified atom stereocenters. The number of rotatable bonds is 7. The average Bonchev–Trinajstić information content (AvgIpc) is 3.69. The van der Waals surface area contributed by atoms with Gasteiger partial charge in [0, 0.05) is 30.5 Å². The molecule has 2 amide bonds. The molecule has 0 aliphatic carbocycles. The van der Waals surface area contributed by atoms with Crippen LogP contribution in [0.2, 0.25) is 0 Å². The Hall–Kier alpha value is -5.98. The third kappa shape index (κ3) is 4.89. The third-order valence-electron chi connectivity index (χ3n) is 7.12. The number of carbonyl (C=O) groups excluding carboxylic acids is 2. The van der Waals surface area contributed by atoms with Gasteiger partial charge in [0.25, 0.3) is 22.9 Å². The monoisotopic (exact) mass is 593 g/mol. The van der Waals surface area contributed by atoms with Crippen molar-refractivity contribution in [2.24, 2.45) is 7.05 Å². The Balaban J connectivity index is 1.37. The van der Waals surface area contributed by atoms with Gasteiger partial charge < -0.3 is 14.3 Å². The number of amides is 2. The zero-order valence-corrected chi connectivity index (χ0v) is 24.2. The molecule has 44 heavy (non-hydrogen) atoms. The summed E-state index contributed by atoms with van der Waals surface area (Å²) in [6, 6.07) is 15.0. The summed E-state index contributed by atoms with van der Waals surface area (Å²) in [7, 11) is 1.55. The van der Waals surface area contributed by atoms with Crippen molar-refractivity contribution in [2.75, 3.05) is 10.6 Å². The van der Waals surface area contributed by atoms with Gasteiger partial charge >= 0.3 is 6.01 Å². The van der Waals surface area contributed by atoms with Crippen LogP contribution in [0.5, 0.6) is 0 Å². The van der Waals surface area contributed by atoms with Crippen LogP contribution in [0.25, 0.3) is 27.7 Å². The van der Waals surface area contributed by atoms with Gasteiger partial charge in [-0.15, -0.1) is 0 Å². The molecular formula is C31H27N7O6. The lowest BCUT2D eigenvalue weighted by Gasteiger charge is -2.13. The Labute approximate surface area is 249 Å². The second kappa shape index (κ2) is 11.0. The highest BCUT2D eigenvalue weighted by Crippen LogP contribution is 2.25. The average molecular weight is 594 g/mol. The molecule has 0 spiro atoms. The number of oxazole rings is 1. The number of hydrogen-bond donors (Lipinski definition) is 2. The van der Waals surface area contributed by atoms with Gasteiger partial charge in [0.2, 0.25) is 0 Å². The van der Waals surface area contributed by atoms with Crippen LogP contribution in [0.15, 0.2) is 85.6 Å². The minimum absolute atomic E-state index is 0.0494. The summed E-state index contributed by atoms with van der Waals surface area (Å²) in [4.78, 5) is 61.0. The Morgan fingerprint density at radius 1 is 0.955 bits per heavy atom. The van der Waals surface area contributed by atoms with Crippen molar-refractivity contribution in [2.45, 2.75) is 27.3 Å². The Morgan fingerprint density at radius 3 is 2.39 bits per heavy atom. The maximum Gasteiger partial charge on any atom is 0.301 e. The topological polar surface area (TPSA) is 159 Å². The highest BCUT2D eigenvalue weighted by atomic mass is 16.5. The molecule has 13 heteroatoms. The lowest BCUT2D eigenvalue weighted by molar-refractivity contribution is 0.101. The Kier molecular flexibility index (Phi) is 7.05. The molecule has 13 nitrogen and oxygen atoms in total. The molecule has 0 aliphatic rings. The summed E-state index contributed by atoms with van der Waals surface area (Å²) in [5, 5.41) is 5.67. The van der Waals surface area contributed by atoms with E-state index in [1.807, 2.05) is 6.92 Å². The van der Waals surface area contributed by atoms with E-state index in [0.717, 1.165) is 0 Å². The fourth-order valence-electron chi connectivity index (χ4n) is 5.21. The maximum atomic E-state index is 13.8. The van der Waals surface area contributed by atoms with E-state index in [0.29, 0.717) is 51.4 Å². The quantitative estimate of drug-likeness (QED) is 0.278. The van der Waals surface area contributed by atoms with E-state index >= 15 is 0 Å². The SMILES string of the molecule is CCn1c2c(C(=O)Nc3cccc(C(=O)Nc4ncco4)c3)nc(C)cc2c(=O)n1-c1ccc(-c2c(C)on(C)c2=O)cc1. The summed E-state index contributed by atoms with van der Waals surface area (Å²) in [5.74, 6) is -0.529. The van der Waals surface area contributed by atoms with E-state index < -0.39 is 11.8 Å². The minimum Gasteiger partial charge on any atom is -0.432 e. The third-order valence-corrected chi connectivity index (χ3v) is 7.12. The largest absolute Gasteiger partial charge is 0.432 e. The highest BCUT2D eigenvalue weighted by molar-refractivity contribution is 6.11. The predicted molar refractivity (Wildman–Crippen MR) is 162 cm³/mol. The second-order valence-electron chi connectivity index (χ2n) is 10.0. The molecule has 0 saturated heterocycles. The molecular weight excluding hydrogens is 566 g/mol. The molecule has 6 rings (SSSR count). The molecule has 4 aromatic heterocycles. The van der Waals surface area contributed by atoms with Crippen LogP contribution in [0.1, 0.15) is 39.2 Å². The number of aryl methyl sites for hydroxylation is 4. The molecule has 222 valence electrons. The summed E-state index contributed by atoms with van der Waals surface area (Å²) < 4.78 is 14.8. The number of pyridine rings is 1. The molecule has 0 aliphatic heterocycles. The summed E-state index contributed by atoms with van der Waals surface area (Å²) in [5.41, 5.74) is 2.59. The van der Waals surface area contributed by atoms with Crippen molar-refractivity contribution >= 4 is 34.4 Å². The number of nitrogens with zero attached hydrogens (tertiary/aromatic N) is 5. The molecule has 0 atom stereocenters. The van der Waals surface area contributed by atoms with Crippen LogP contribution in [0.4, 0.5) is 11.7 Å². The number of fused-ring (bicyclic) bond motifs is 1. The Morgan fingerprint density at radius 2 is 1.73 bits per heavy atom. The van der Waals surface area contributed by atoms with Crippen molar-refractivity contribution in [3.05, 3.63) is 110 Å². The molecule has 4 heterocycles. The fraction of sp³-hybridized carbons (Fsp3) is 0.161. The molecule has 0 bridgehead atoms. The lowest BCUT2D eigenvalue weighted by Crippen LogP contribution is -2.21. The first-order valence-corrected chi connectivity index (χ1v) is 13.7. The highest BCUT2D eigenvalue weighted by Gasteiger charge is 2.23. The van der Waals surface area contributed by atoms with Crippen LogP contribution in [0.3, 0.4) is 0 Å². The van der Waals surface area contributed by atoms with Crippen molar-refractivity contribution in [1.82, 2.24) is 24.1 Å². The smallest absolute Gasteiger partial charge is 0.301 e. The van der Waals surface area contributed by atoms with Gasteiger partial charge in [0.15, 0.2) is 5.69 Å². The lowest BCUT2D eigenvalue weighted by atomic mass is 10.1. The molecule has 0 fully saturated rings. The van der Waals surface area contributed by atoms with E-state index in [1.165, 1.54) is 27.9 Å². The van der Waals surface area contributed by atoms with E-state index in [-0.39, 0.29) is 28.4 Å². The number of anilines is 2. The number of aromatic nitrogens is 5. The van der Waals surface area contributed by atoms with Gasteiger partial charge in [-0.05, 0) is 62.7 Å². The molecule has 0 saturated carbocycles. The van der Waals surface area contributed by atoms with Crippen molar-refractivity contribution < 1.29 is 18.5 Å². The summed E-state index contributed by atoms with van der Waals surface area (Å²) in [6.45, 7) is 5.64. The molecule has 0 radical (unpaired) electrons. The number of nitrogens with one attached hydrogen (secondary N) is 2. The van der Waals surface area contributed by atoms with E-state index in [1.54, 1.807) is 74.1 Å². The zero-order chi connectivity index (χ0) is 31.1. The zero-order valence-electron chi connectivity index (χ0n) is 24.2. The number of carbonyl (C=O) groups is 2. The van der Waals surface area contributed by atoms with Crippen molar-refractivity contribution in [1.29, 1.82) is 0 Å². The van der Waals surface area contributed by atoms with Gasteiger partial charge in [-0.2, -0.15) is 4.74 Å². The molecule has 6 aromatic rings. The van der Waals surface area contributed by atoms with Crippen LogP contribution in [-0.4, -0.2) is 35.9 Å². The summed E-state index contributed by atoms with van der Waals surface area (Å²) >= 11 is 0. The Bertz CT molecular complexity index is 2170. The standard InChI is InChI=1S/C31H27N7O6/c1-5-37-26-23(29(41)38(37)22-11-9-19(10-12-22)24-18(3)44-36(4)30(24)42)15-17(2)33-25(26)28(40)34-21-8-6-7-20(16-21)27(39)35-31-32-13-14-43-31/h6-16H,5H2,1-4H3,(H,34,40)(H,32,35,39). The van der Waals surface area contributed by atoms with Crippen LogP contribution in [-0.2, 0) is 13.6 Å². The van der Waals surface area contributed by atoms with Crippen LogP contribution >= 0.6 is 0 Å². The predicted octanol–water partition coefficient (Wildman–Crippen LogP) is 4.28. The first-order chi connectivity index (χ1) is 21.2.